The predicted octanol–water partition coefficient (Wildman–Crippen LogP) is -18.7. The number of benzene rings is 2. The molecule has 47 heavy (non-hydrogen) atoms. The minimum atomic E-state index is -5.59. The van der Waals surface area contributed by atoms with Crippen LogP contribution in [0.15, 0.2) is 30.3 Å². The monoisotopic (exact) mass is 789 g/mol. The number of carboxylic acid groups (broad SMARTS) is 1. The third kappa shape index (κ3) is 17.5. The molecule has 0 saturated carbocycles. The molecule has 2 aromatic rings. The molecule has 0 saturated heterocycles. The normalized spacial score (nSPS) is 14.1. The second-order valence-electron chi connectivity index (χ2n) is 8.04. The fraction of sp³-hybridized carbons (Fsp3) is 0.222. The zero-order chi connectivity index (χ0) is 31.8. The van der Waals surface area contributed by atoms with Gasteiger partial charge in [0, 0.05) is 12.1 Å². The van der Waals surface area contributed by atoms with E-state index in [1.54, 1.807) is 0 Å². The molecule has 1 amide bonds. The fourth-order valence-corrected chi connectivity index (χ4v) is 5.16. The molecule has 0 spiro atoms. The molecule has 232 valence electrons. The second-order valence-corrected chi connectivity index (χ2v) is 12.0. The van der Waals surface area contributed by atoms with Crippen LogP contribution in [-0.4, -0.2) is 74.7 Å². The van der Waals surface area contributed by atoms with Crippen molar-refractivity contribution in [2.24, 2.45) is 0 Å². The van der Waals surface area contributed by atoms with Gasteiger partial charge in [0.2, 0.25) is 5.91 Å². The van der Waals surface area contributed by atoms with Crippen molar-refractivity contribution >= 4 is 53.5 Å². The van der Waals surface area contributed by atoms with Crippen molar-refractivity contribution in [2.75, 3.05) is 0 Å². The number of amides is 1. The van der Waals surface area contributed by atoms with Crippen LogP contribution < -0.4 is 170 Å². The van der Waals surface area contributed by atoms with Gasteiger partial charge in [-0.25, -0.2) is 33.7 Å². The van der Waals surface area contributed by atoms with Crippen LogP contribution in [0.2, 0.25) is 0 Å². The van der Waals surface area contributed by atoms with Crippen LogP contribution in [0.4, 0.5) is 0 Å². The maximum Gasteiger partial charge on any atom is 1.00 e. The van der Waals surface area contributed by atoms with Crippen molar-refractivity contribution in [1.29, 1.82) is 0 Å². The van der Waals surface area contributed by atoms with Gasteiger partial charge < -0.3 is 49.7 Å². The number of nitrogens with zero attached hydrogens (tertiary/aromatic N) is 1. The van der Waals surface area contributed by atoms with E-state index >= 15 is 0 Å². The maximum atomic E-state index is 13.2. The van der Waals surface area contributed by atoms with Crippen LogP contribution >= 0.6 is 0 Å². The van der Waals surface area contributed by atoms with Crippen LogP contribution in [0, 0.1) is 0 Å². The summed E-state index contributed by atoms with van der Waals surface area (Å²) in [5, 5.41) is 11.9. The molecule has 0 aliphatic carbocycles. The molecule has 0 fully saturated rings. The predicted molar refractivity (Wildman–Crippen MR) is 121 cm³/mol. The zero-order valence-electron chi connectivity index (χ0n) is 24.9. The molecule has 1 aliphatic heterocycles. The number of carboxylic acids is 1. The van der Waals surface area contributed by atoms with Gasteiger partial charge >= 0.3 is 148 Å². The third-order valence-corrected chi connectivity index (χ3v) is 6.68. The van der Waals surface area contributed by atoms with E-state index < -0.39 is 107 Å². The SMILES string of the molecule is O=C([O-])C1Cc2cc(OS(=O)(=O)[O-])c(OS(=O)(=O)[O-])cc2CN1C(=O)Cc1cc(OS(=O)(=O)[O-])ccc1OS(=O)(=O)[O-].[Na+].[Na+].[Na+].[Na+].[Na+]. The first-order valence-corrected chi connectivity index (χ1v) is 15.7. The van der Waals surface area contributed by atoms with E-state index in [1.165, 1.54) is 0 Å². The molecule has 2 aromatic carbocycles. The summed E-state index contributed by atoms with van der Waals surface area (Å²) >= 11 is 0. The molecule has 29 heteroatoms. The molecule has 0 bridgehead atoms. The molecule has 1 atom stereocenters. The molecule has 0 N–H and O–H groups in total. The Morgan fingerprint density at radius 1 is 0.660 bits per heavy atom. The van der Waals surface area contributed by atoms with Crippen molar-refractivity contribution in [1.82, 2.24) is 4.90 Å². The second kappa shape index (κ2) is 20.5. The van der Waals surface area contributed by atoms with Gasteiger partial charge in [0.25, 0.3) is 41.6 Å². The largest absolute Gasteiger partial charge is 1.00 e. The minimum absolute atomic E-state index is 0. The number of hydrogen-bond donors (Lipinski definition) is 0. The van der Waals surface area contributed by atoms with Gasteiger partial charge in [-0.15, -0.1) is 0 Å². The van der Waals surface area contributed by atoms with Gasteiger partial charge in [-0.3, -0.25) is 4.79 Å². The Balaban J connectivity index is -0.00000387. The average Bonchev–Trinajstić information content (AvgIpc) is 2.76. The first-order valence-electron chi connectivity index (χ1n) is 10.4. The summed E-state index contributed by atoms with van der Waals surface area (Å²) in [6.45, 7) is -0.756. The van der Waals surface area contributed by atoms with Crippen molar-refractivity contribution in [3.05, 3.63) is 47.0 Å². The number of carbonyl (C=O) groups excluding carboxylic acids is 2. The van der Waals surface area contributed by atoms with Gasteiger partial charge in [0.1, 0.15) is 11.5 Å². The topological polar surface area (TPSA) is 326 Å². The van der Waals surface area contributed by atoms with Crippen LogP contribution in [0.3, 0.4) is 0 Å². The van der Waals surface area contributed by atoms with Gasteiger partial charge in [0.15, 0.2) is 11.5 Å². The third-order valence-electron chi connectivity index (χ3n) is 5.14. The first-order chi connectivity index (χ1) is 19.0. The smallest absolute Gasteiger partial charge is 0.716 e. The zero-order valence-corrected chi connectivity index (χ0v) is 38.2. The molecule has 0 aromatic heterocycles. The summed E-state index contributed by atoms with van der Waals surface area (Å²) in [5.41, 5.74) is -0.891. The number of fused-ring (bicyclic) bond motifs is 1. The Kier molecular flexibility index (Phi) is 22.9. The summed E-state index contributed by atoms with van der Waals surface area (Å²) in [6, 6.07) is 1.42. The van der Waals surface area contributed by atoms with E-state index in [0.717, 1.165) is 0 Å². The number of rotatable bonds is 11. The van der Waals surface area contributed by atoms with Crippen LogP contribution in [0.5, 0.6) is 23.0 Å². The average molecular weight is 790 g/mol. The van der Waals surface area contributed by atoms with E-state index in [1.807, 2.05) is 0 Å². The fourth-order valence-electron chi connectivity index (χ4n) is 3.74. The number of carbonyl (C=O) groups is 2. The Morgan fingerprint density at radius 3 is 1.51 bits per heavy atom. The van der Waals surface area contributed by atoms with Crippen molar-refractivity contribution in [2.45, 2.75) is 25.4 Å². The molecule has 0 radical (unpaired) electrons. The Labute approximate surface area is 378 Å². The molecule has 1 heterocycles. The number of aliphatic carboxylic acids is 1. The van der Waals surface area contributed by atoms with Crippen LogP contribution in [0.25, 0.3) is 0 Å². The standard InChI is InChI=1S/C18H17NO19S4.5Na/c20-17(7-10-3-12(35-39(23,24)25)1-2-14(10)36-40(26,27)28)19-8-11-6-16(38-42(32,33)34)15(37-41(29,30)31)5-9(11)4-13(19)18(21)22;;;;;/h1-3,5-6,13H,4,7-8H2,(H,21,22)(H,23,24,25)(H,26,27,28)(H,29,30,31)(H,32,33,34);;;;;/q;5*+1/p-5. The number of hydrogen-bond acceptors (Lipinski definition) is 19. The van der Waals surface area contributed by atoms with E-state index in [-0.39, 0.29) is 159 Å². The molecule has 1 unspecified atom stereocenters. The molecule has 3 rings (SSSR count). The first kappa shape index (κ1) is 52.6. The van der Waals surface area contributed by atoms with Crippen molar-refractivity contribution in [3.63, 3.8) is 0 Å². The molecule has 1 aliphatic rings. The van der Waals surface area contributed by atoms with E-state index in [0.29, 0.717) is 35.2 Å². The Bertz CT molecular complexity index is 1890. The van der Waals surface area contributed by atoms with E-state index in [2.05, 4.69) is 16.7 Å². The molecular weight excluding hydrogens is 777 g/mol. The van der Waals surface area contributed by atoms with Crippen molar-refractivity contribution < 1.29 is 231 Å². The van der Waals surface area contributed by atoms with E-state index in [4.69, 9.17) is 0 Å². The van der Waals surface area contributed by atoms with Crippen LogP contribution in [-0.2, 0) is 70.6 Å². The van der Waals surface area contributed by atoms with E-state index in [9.17, 15) is 66.6 Å². The van der Waals surface area contributed by atoms with Gasteiger partial charge in [-0.2, -0.15) is 0 Å². The van der Waals surface area contributed by atoms with Crippen LogP contribution in [0.1, 0.15) is 16.7 Å². The van der Waals surface area contributed by atoms with Gasteiger partial charge in [0.05, 0.1) is 18.4 Å². The Hall–Kier alpha value is 1.22. The summed E-state index contributed by atoms with van der Waals surface area (Å²) < 4.78 is 149. The van der Waals surface area contributed by atoms with Gasteiger partial charge in [-0.05, 0) is 47.9 Å². The van der Waals surface area contributed by atoms with Gasteiger partial charge in [-0.1, -0.05) is 0 Å². The summed E-state index contributed by atoms with van der Waals surface area (Å²) in [7, 11) is -22.0. The molecule has 20 nitrogen and oxygen atoms in total. The maximum absolute atomic E-state index is 13.2. The Morgan fingerprint density at radius 2 is 1.09 bits per heavy atom. The summed E-state index contributed by atoms with van der Waals surface area (Å²) in [6.07, 6.45) is -1.73. The summed E-state index contributed by atoms with van der Waals surface area (Å²) in [4.78, 5) is 25.6. The summed E-state index contributed by atoms with van der Waals surface area (Å²) in [5.74, 6) is -6.93. The quantitative estimate of drug-likeness (QED) is 0.116. The minimum Gasteiger partial charge on any atom is -0.716 e. The molecular formula is C18H12NNa5O19S4. The van der Waals surface area contributed by atoms with Crippen molar-refractivity contribution in [3.8, 4) is 23.0 Å².